The van der Waals surface area contributed by atoms with Crippen LogP contribution in [-0.4, -0.2) is 42.1 Å². The van der Waals surface area contributed by atoms with Crippen LogP contribution in [0.15, 0.2) is 60.7 Å². The molecule has 0 radical (unpaired) electrons. The third-order valence-corrected chi connectivity index (χ3v) is 4.26. The van der Waals surface area contributed by atoms with E-state index in [1.165, 1.54) is 5.56 Å². The summed E-state index contributed by atoms with van der Waals surface area (Å²) in [4.78, 5) is 11.5. The van der Waals surface area contributed by atoms with Gasteiger partial charge in [0.1, 0.15) is 11.6 Å². The molecule has 140 valence electrons. The summed E-state index contributed by atoms with van der Waals surface area (Å²) < 4.78 is 0. The van der Waals surface area contributed by atoms with Gasteiger partial charge in [0.25, 0.3) is 0 Å². The van der Waals surface area contributed by atoms with E-state index in [1.807, 2.05) is 36.4 Å². The highest BCUT2D eigenvalue weighted by Crippen LogP contribution is 2.23. The largest absolute Gasteiger partial charge is 0.369 e. The number of nitrogens with one attached hydrogen (secondary N) is 2. The van der Waals surface area contributed by atoms with E-state index >= 15 is 0 Å². The van der Waals surface area contributed by atoms with Crippen molar-refractivity contribution < 1.29 is 0 Å². The molecule has 2 aromatic carbocycles. The molecule has 0 atom stereocenters. The number of hydrogen-bond acceptors (Lipinski definition) is 5. The van der Waals surface area contributed by atoms with Crippen molar-refractivity contribution in [3.05, 3.63) is 66.2 Å². The third kappa shape index (κ3) is 5.53. The molecule has 0 unspecified atom stereocenters. The molecule has 0 saturated heterocycles. The van der Waals surface area contributed by atoms with Gasteiger partial charge in [0.05, 0.1) is 0 Å². The molecular formula is C22H27N5. The lowest BCUT2D eigenvalue weighted by molar-refractivity contribution is 0.425. The molecule has 27 heavy (non-hydrogen) atoms. The molecule has 0 spiro atoms. The van der Waals surface area contributed by atoms with Crippen molar-refractivity contribution in [2.45, 2.75) is 13.3 Å². The normalized spacial score (nSPS) is 10.8. The highest BCUT2D eigenvalue weighted by atomic mass is 15.1. The van der Waals surface area contributed by atoms with Crippen molar-refractivity contribution in [3.8, 4) is 11.4 Å². The van der Waals surface area contributed by atoms with Crippen molar-refractivity contribution in [2.24, 2.45) is 0 Å². The summed E-state index contributed by atoms with van der Waals surface area (Å²) in [6.45, 7) is 3.92. The van der Waals surface area contributed by atoms with Crippen LogP contribution in [0.4, 0.5) is 17.3 Å². The van der Waals surface area contributed by atoms with Crippen molar-refractivity contribution >= 4 is 17.3 Å². The van der Waals surface area contributed by atoms with Crippen LogP contribution in [0.3, 0.4) is 0 Å². The van der Waals surface area contributed by atoms with Crippen LogP contribution in [0.1, 0.15) is 12.5 Å². The van der Waals surface area contributed by atoms with Crippen LogP contribution in [0.2, 0.25) is 0 Å². The van der Waals surface area contributed by atoms with Gasteiger partial charge in [-0.1, -0.05) is 49.4 Å². The van der Waals surface area contributed by atoms with E-state index in [9.17, 15) is 0 Å². The van der Waals surface area contributed by atoms with Gasteiger partial charge in [0.2, 0.25) is 0 Å². The molecule has 2 N–H and O–H groups in total. The average molecular weight is 361 g/mol. The predicted molar refractivity (Wildman–Crippen MR) is 114 cm³/mol. The van der Waals surface area contributed by atoms with Gasteiger partial charge in [0, 0.05) is 30.4 Å². The summed E-state index contributed by atoms with van der Waals surface area (Å²) in [5.74, 6) is 2.30. The molecule has 0 saturated carbocycles. The van der Waals surface area contributed by atoms with Gasteiger partial charge in [-0.3, -0.25) is 0 Å². The van der Waals surface area contributed by atoms with Gasteiger partial charge in [-0.2, -0.15) is 0 Å². The molecule has 3 rings (SSSR count). The summed E-state index contributed by atoms with van der Waals surface area (Å²) >= 11 is 0. The minimum absolute atomic E-state index is 0.707. The molecule has 1 heterocycles. The van der Waals surface area contributed by atoms with Crippen LogP contribution < -0.4 is 10.6 Å². The maximum absolute atomic E-state index is 4.71. The Labute approximate surface area is 161 Å². The monoisotopic (exact) mass is 361 g/mol. The number of rotatable bonds is 8. The summed E-state index contributed by atoms with van der Waals surface area (Å²) in [5, 5.41) is 6.80. The number of hydrogen-bond donors (Lipinski definition) is 2. The lowest BCUT2D eigenvalue weighted by atomic mass is 10.1. The first-order valence-corrected chi connectivity index (χ1v) is 9.33. The Morgan fingerprint density at radius 2 is 1.59 bits per heavy atom. The van der Waals surface area contributed by atoms with Crippen molar-refractivity contribution in [3.63, 3.8) is 0 Å². The molecule has 1 aromatic heterocycles. The highest BCUT2D eigenvalue weighted by Gasteiger charge is 2.07. The zero-order valence-corrected chi connectivity index (χ0v) is 16.2. The Kier molecular flexibility index (Phi) is 6.39. The van der Waals surface area contributed by atoms with Crippen LogP contribution in [-0.2, 0) is 6.42 Å². The third-order valence-electron chi connectivity index (χ3n) is 4.26. The van der Waals surface area contributed by atoms with Crippen molar-refractivity contribution in [1.29, 1.82) is 0 Å². The van der Waals surface area contributed by atoms with Gasteiger partial charge in [-0.05, 0) is 38.2 Å². The van der Waals surface area contributed by atoms with E-state index in [-0.39, 0.29) is 0 Å². The highest BCUT2D eigenvalue weighted by molar-refractivity contribution is 5.65. The van der Waals surface area contributed by atoms with Crippen LogP contribution in [0, 0.1) is 0 Å². The van der Waals surface area contributed by atoms with Gasteiger partial charge in [-0.15, -0.1) is 0 Å². The molecule has 0 amide bonds. The summed E-state index contributed by atoms with van der Waals surface area (Å²) in [7, 11) is 4.12. The SMILES string of the molecule is CCc1ccc(Nc2cc(NCCN(C)C)nc(-c3ccccc3)n2)cc1. The Balaban J connectivity index is 1.86. The zero-order valence-electron chi connectivity index (χ0n) is 16.2. The van der Waals surface area contributed by atoms with E-state index in [0.717, 1.165) is 42.4 Å². The van der Waals surface area contributed by atoms with Crippen molar-refractivity contribution in [2.75, 3.05) is 37.8 Å². The fourth-order valence-electron chi connectivity index (χ4n) is 2.70. The molecule has 0 aliphatic rings. The molecule has 0 aliphatic heterocycles. The fraction of sp³-hybridized carbons (Fsp3) is 0.273. The lowest BCUT2D eigenvalue weighted by Gasteiger charge is -2.14. The topological polar surface area (TPSA) is 53.1 Å². The lowest BCUT2D eigenvalue weighted by Crippen LogP contribution is -2.21. The second kappa shape index (κ2) is 9.14. The Hall–Kier alpha value is -2.92. The molecule has 5 nitrogen and oxygen atoms in total. The molecule has 3 aromatic rings. The van der Waals surface area contributed by atoms with Crippen molar-refractivity contribution in [1.82, 2.24) is 14.9 Å². The van der Waals surface area contributed by atoms with Gasteiger partial charge < -0.3 is 15.5 Å². The second-order valence-electron chi connectivity index (χ2n) is 6.73. The first-order chi connectivity index (χ1) is 13.1. The number of nitrogens with zero attached hydrogens (tertiary/aromatic N) is 3. The smallest absolute Gasteiger partial charge is 0.163 e. The Morgan fingerprint density at radius 1 is 0.889 bits per heavy atom. The standard InChI is InChI=1S/C22H27N5/c1-4-17-10-12-19(13-11-17)24-21-16-20(23-14-15-27(2)3)25-22(26-21)18-8-6-5-7-9-18/h5-13,16H,4,14-15H2,1-3H3,(H2,23,24,25,26). The number of likely N-dealkylation sites (N-methyl/N-ethyl adjacent to an activating group) is 1. The Morgan fingerprint density at radius 3 is 2.26 bits per heavy atom. The van der Waals surface area contributed by atoms with Crippen LogP contribution >= 0.6 is 0 Å². The molecular weight excluding hydrogens is 334 g/mol. The van der Waals surface area contributed by atoms with Crippen LogP contribution in [0.5, 0.6) is 0 Å². The maximum Gasteiger partial charge on any atom is 0.163 e. The average Bonchev–Trinajstić information content (AvgIpc) is 2.69. The van der Waals surface area contributed by atoms with Gasteiger partial charge >= 0.3 is 0 Å². The van der Waals surface area contributed by atoms with E-state index in [0.29, 0.717) is 5.82 Å². The van der Waals surface area contributed by atoms with E-state index < -0.39 is 0 Å². The Bertz CT molecular complexity index is 844. The number of aryl methyl sites for hydroxylation is 1. The summed E-state index contributed by atoms with van der Waals surface area (Å²) in [6.07, 6.45) is 1.03. The number of aromatic nitrogens is 2. The fourth-order valence-corrected chi connectivity index (χ4v) is 2.70. The van der Waals surface area contributed by atoms with Gasteiger partial charge in [-0.25, -0.2) is 9.97 Å². The first kappa shape index (κ1) is 18.9. The molecule has 0 aliphatic carbocycles. The first-order valence-electron chi connectivity index (χ1n) is 9.33. The number of benzene rings is 2. The predicted octanol–water partition coefficient (Wildman–Crippen LogP) is 4.42. The zero-order chi connectivity index (χ0) is 19.1. The number of anilines is 3. The quantitative estimate of drug-likeness (QED) is 0.622. The van der Waals surface area contributed by atoms with E-state index in [4.69, 9.17) is 4.98 Å². The molecule has 0 fully saturated rings. The van der Waals surface area contributed by atoms with Gasteiger partial charge in [0.15, 0.2) is 5.82 Å². The summed E-state index contributed by atoms with van der Waals surface area (Å²) in [5.41, 5.74) is 3.33. The molecule has 0 bridgehead atoms. The second-order valence-corrected chi connectivity index (χ2v) is 6.73. The summed E-state index contributed by atoms with van der Waals surface area (Å²) in [6, 6.07) is 20.5. The maximum atomic E-state index is 4.71. The van der Waals surface area contributed by atoms with E-state index in [2.05, 4.69) is 65.8 Å². The minimum atomic E-state index is 0.707. The van der Waals surface area contributed by atoms with E-state index in [1.54, 1.807) is 0 Å². The van der Waals surface area contributed by atoms with Crippen LogP contribution in [0.25, 0.3) is 11.4 Å². The minimum Gasteiger partial charge on any atom is -0.369 e. The molecule has 5 heteroatoms.